The number of hydrogen-bond acceptors (Lipinski definition) is 5. The molecule has 1 aromatic rings. The van der Waals surface area contributed by atoms with Crippen LogP contribution in [0.5, 0.6) is 11.5 Å². The summed E-state index contributed by atoms with van der Waals surface area (Å²) in [5.41, 5.74) is 1.40. The predicted octanol–water partition coefficient (Wildman–Crippen LogP) is 4.17. The van der Waals surface area contributed by atoms with Crippen molar-refractivity contribution < 1.29 is 19.7 Å². The van der Waals surface area contributed by atoms with Crippen LogP contribution in [0.4, 0.5) is 0 Å². The molecule has 2 N–H and O–H groups in total. The van der Waals surface area contributed by atoms with Gasteiger partial charge in [0.05, 0.1) is 5.60 Å². The lowest BCUT2D eigenvalue weighted by atomic mass is 9.33. The van der Waals surface area contributed by atoms with Gasteiger partial charge >= 0.3 is 0 Å². The van der Waals surface area contributed by atoms with E-state index >= 15 is 0 Å². The summed E-state index contributed by atoms with van der Waals surface area (Å²) in [4.78, 5) is 2.84. The summed E-state index contributed by atoms with van der Waals surface area (Å²) in [6.45, 7) is 4.45. The average Bonchev–Trinajstić information content (AvgIpc) is 3.52. The fraction of sp³-hybridized carbons (Fsp3) is 0.793. The van der Waals surface area contributed by atoms with Gasteiger partial charge in [-0.1, -0.05) is 12.5 Å². The second-order valence-electron chi connectivity index (χ2n) is 13.3. The van der Waals surface area contributed by atoms with Gasteiger partial charge in [-0.05, 0) is 94.7 Å². The van der Waals surface area contributed by atoms with E-state index in [0.29, 0.717) is 12.0 Å². The first kappa shape index (κ1) is 20.8. The number of methoxy groups -OCH3 is 1. The van der Waals surface area contributed by atoms with Gasteiger partial charge in [0, 0.05) is 42.0 Å². The van der Waals surface area contributed by atoms with Crippen LogP contribution in [0.1, 0.15) is 75.8 Å². The molecule has 1 unspecified atom stereocenters. The lowest BCUT2D eigenvalue weighted by molar-refractivity contribution is -0.310. The highest BCUT2D eigenvalue weighted by molar-refractivity contribution is 5.63. The Balaban J connectivity index is 1.35. The van der Waals surface area contributed by atoms with E-state index in [1.54, 1.807) is 0 Å². The zero-order chi connectivity index (χ0) is 23.1. The van der Waals surface area contributed by atoms with Crippen molar-refractivity contribution in [3.63, 3.8) is 0 Å². The molecule has 8 aliphatic rings. The maximum absolute atomic E-state index is 12.2. The lowest BCUT2D eigenvalue weighted by Gasteiger charge is -2.75. The van der Waals surface area contributed by atoms with Crippen LogP contribution < -0.4 is 4.74 Å². The molecule has 1 aromatic carbocycles. The molecular weight excluding hydrogens is 426 g/mol. The highest BCUT2D eigenvalue weighted by Crippen LogP contribution is 2.78. The topological polar surface area (TPSA) is 62.2 Å². The van der Waals surface area contributed by atoms with Crippen LogP contribution in [-0.2, 0) is 16.6 Å². The van der Waals surface area contributed by atoms with Crippen molar-refractivity contribution in [2.24, 2.45) is 23.2 Å². The van der Waals surface area contributed by atoms with Crippen molar-refractivity contribution in [3.05, 3.63) is 23.3 Å². The van der Waals surface area contributed by atoms with Gasteiger partial charge in [0.25, 0.3) is 0 Å². The number of phenolic OH excluding ortho intramolecular Hbond substituents is 1. The maximum atomic E-state index is 12.2. The predicted molar refractivity (Wildman–Crippen MR) is 128 cm³/mol. The van der Waals surface area contributed by atoms with E-state index in [1.807, 2.05) is 13.2 Å². The average molecular weight is 466 g/mol. The molecule has 6 aliphatic carbocycles. The Bertz CT molecular complexity index is 1060. The number of rotatable bonds is 5. The minimum absolute atomic E-state index is 0.0588. The zero-order valence-corrected chi connectivity index (χ0v) is 20.7. The SMILES string of the molecule is CO[C@]12CC[C@@]3(C[C@@H]1[C@@](C)(O)C1CCC1)C1Cc4ccc(O)c5c4[C@@]3(CCN1CC1CC1)[C@H]2O5. The Kier molecular flexibility index (Phi) is 3.88. The summed E-state index contributed by atoms with van der Waals surface area (Å²) in [5.74, 6) is 2.30. The van der Waals surface area contributed by atoms with Crippen molar-refractivity contribution in [2.75, 3.05) is 20.2 Å². The molecule has 1 saturated heterocycles. The molecule has 2 spiro atoms. The first-order valence-corrected chi connectivity index (χ1v) is 13.9. The Labute approximate surface area is 202 Å². The van der Waals surface area contributed by atoms with E-state index in [0.717, 1.165) is 63.2 Å². The third-order valence-corrected chi connectivity index (χ3v) is 12.3. The number of phenols is 1. The number of nitrogens with zero attached hydrogens (tertiary/aromatic N) is 1. The van der Waals surface area contributed by atoms with Crippen LogP contribution in [0.15, 0.2) is 12.1 Å². The molecule has 5 heteroatoms. The van der Waals surface area contributed by atoms with E-state index in [1.165, 1.54) is 36.9 Å². The van der Waals surface area contributed by atoms with E-state index in [9.17, 15) is 10.2 Å². The second kappa shape index (κ2) is 6.33. The minimum Gasteiger partial charge on any atom is -0.504 e. The highest BCUT2D eigenvalue weighted by atomic mass is 16.6. The number of likely N-dealkylation sites (tertiary alicyclic amines) is 1. The van der Waals surface area contributed by atoms with Crippen LogP contribution in [-0.4, -0.2) is 58.7 Å². The summed E-state index contributed by atoms with van der Waals surface area (Å²) < 4.78 is 13.5. The standard InChI is InChI=1S/C29H39NO4/c1-26(32,19-4-3-5-19)21-15-27-10-11-29(21,33-2)25-28(27)12-13-30(16-17-6-7-17)22(27)14-18-8-9-20(31)24(34-25)23(18)28/h8-9,17,19,21-22,25,31-32H,3-7,10-16H2,1-2H3/t21-,22?,25-,26+,27-,28+,29-/m1/s1. The molecule has 5 nitrogen and oxygen atoms in total. The quantitative estimate of drug-likeness (QED) is 0.684. The largest absolute Gasteiger partial charge is 0.504 e. The molecule has 34 heavy (non-hydrogen) atoms. The molecule has 7 atom stereocenters. The molecule has 0 amide bonds. The zero-order valence-electron chi connectivity index (χ0n) is 20.7. The van der Waals surface area contributed by atoms with Crippen molar-refractivity contribution in [3.8, 4) is 11.5 Å². The van der Waals surface area contributed by atoms with E-state index in [4.69, 9.17) is 9.47 Å². The van der Waals surface area contributed by atoms with Crippen LogP contribution in [0.2, 0.25) is 0 Å². The van der Waals surface area contributed by atoms with Gasteiger partial charge in [-0.3, -0.25) is 4.90 Å². The van der Waals surface area contributed by atoms with Gasteiger partial charge in [0.2, 0.25) is 0 Å². The first-order valence-electron chi connectivity index (χ1n) is 13.9. The Morgan fingerprint density at radius 2 is 2.00 bits per heavy atom. The van der Waals surface area contributed by atoms with Gasteiger partial charge < -0.3 is 19.7 Å². The Hall–Kier alpha value is -1.30. The van der Waals surface area contributed by atoms with Gasteiger partial charge in [0.15, 0.2) is 11.5 Å². The maximum Gasteiger partial charge on any atom is 0.165 e. The monoisotopic (exact) mass is 465 g/mol. The Morgan fingerprint density at radius 3 is 2.71 bits per heavy atom. The van der Waals surface area contributed by atoms with E-state index < -0.39 is 11.2 Å². The Morgan fingerprint density at radius 1 is 1.18 bits per heavy atom. The number of aromatic hydroxyl groups is 1. The molecule has 2 aliphatic heterocycles. The summed E-state index contributed by atoms with van der Waals surface area (Å²) in [7, 11) is 1.86. The molecule has 5 saturated carbocycles. The van der Waals surface area contributed by atoms with Crippen LogP contribution in [0.25, 0.3) is 0 Å². The van der Waals surface area contributed by atoms with Crippen LogP contribution >= 0.6 is 0 Å². The summed E-state index contributed by atoms with van der Waals surface area (Å²) in [5, 5.41) is 23.1. The van der Waals surface area contributed by atoms with Gasteiger partial charge in [-0.25, -0.2) is 0 Å². The molecule has 184 valence electrons. The van der Waals surface area contributed by atoms with Gasteiger partial charge in [-0.2, -0.15) is 0 Å². The van der Waals surface area contributed by atoms with Crippen molar-refractivity contribution in [1.29, 1.82) is 0 Å². The lowest BCUT2D eigenvalue weighted by Crippen LogP contribution is -2.83. The number of fused-ring (bicyclic) bond motifs is 2. The third-order valence-electron chi connectivity index (χ3n) is 12.3. The summed E-state index contributed by atoms with van der Waals surface area (Å²) in [6, 6.07) is 4.52. The van der Waals surface area contributed by atoms with Gasteiger partial charge in [0.1, 0.15) is 11.7 Å². The summed E-state index contributed by atoms with van der Waals surface area (Å²) in [6.07, 6.45) is 11.3. The second-order valence-corrected chi connectivity index (χ2v) is 13.3. The minimum atomic E-state index is -0.751. The number of ether oxygens (including phenoxy) is 2. The normalized spacial score (nSPS) is 45.9. The summed E-state index contributed by atoms with van der Waals surface area (Å²) >= 11 is 0. The molecule has 4 bridgehead atoms. The van der Waals surface area contributed by atoms with Crippen molar-refractivity contribution in [1.82, 2.24) is 4.90 Å². The first-order chi connectivity index (χ1) is 16.4. The number of hydrogen-bond donors (Lipinski definition) is 2. The molecule has 2 heterocycles. The van der Waals surface area contributed by atoms with Crippen LogP contribution in [0.3, 0.4) is 0 Å². The molecule has 9 rings (SSSR count). The molecular formula is C29H39NO4. The number of aliphatic hydroxyl groups is 1. The number of piperidine rings is 1. The van der Waals surface area contributed by atoms with Crippen molar-refractivity contribution in [2.45, 2.75) is 99.9 Å². The molecule has 6 fully saturated rings. The van der Waals surface area contributed by atoms with E-state index in [-0.39, 0.29) is 28.6 Å². The molecule has 0 radical (unpaired) electrons. The van der Waals surface area contributed by atoms with Crippen LogP contribution in [0, 0.1) is 23.2 Å². The highest BCUT2D eigenvalue weighted by Gasteiger charge is 2.82. The van der Waals surface area contributed by atoms with Gasteiger partial charge in [-0.15, -0.1) is 0 Å². The number of benzene rings is 1. The fourth-order valence-electron chi connectivity index (χ4n) is 10.4. The van der Waals surface area contributed by atoms with E-state index in [2.05, 4.69) is 17.9 Å². The smallest absolute Gasteiger partial charge is 0.165 e. The fourth-order valence-corrected chi connectivity index (χ4v) is 10.4. The molecule has 0 aromatic heterocycles. The third kappa shape index (κ3) is 2.13. The van der Waals surface area contributed by atoms with Crippen molar-refractivity contribution >= 4 is 0 Å².